The molecule has 1 aliphatic heterocycles. The number of carbonyl (C=O) groups excluding carboxylic acids is 2. The van der Waals surface area contributed by atoms with Gasteiger partial charge in [-0.25, -0.2) is 0 Å². The number of amides is 2. The van der Waals surface area contributed by atoms with E-state index in [-0.39, 0.29) is 0 Å². The van der Waals surface area contributed by atoms with E-state index in [1.165, 1.54) is 26.2 Å². The summed E-state index contributed by atoms with van der Waals surface area (Å²) in [7, 11) is -1.90. The van der Waals surface area contributed by atoms with Crippen LogP contribution in [0.15, 0.2) is 48.5 Å². The van der Waals surface area contributed by atoms with Gasteiger partial charge in [0.2, 0.25) is 0 Å². The van der Waals surface area contributed by atoms with Gasteiger partial charge in [-0.3, -0.25) is 0 Å². The second kappa shape index (κ2) is 13.3. The first-order valence-electron chi connectivity index (χ1n) is 11.8. The molecule has 11 heteroatoms. The van der Waals surface area contributed by atoms with Crippen molar-refractivity contribution in [1.82, 2.24) is 0 Å². The van der Waals surface area contributed by atoms with E-state index in [1.54, 1.807) is 14.1 Å². The molecule has 0 spiro atoms. The van der Waals surface area contributed by atoms with Gasteiger partial charge in [0.05, 0.1) is 29.7 Å². The van der Waals surface area contributed by atoms with Crippen LogP contribution in [0.4, 0.5) is 11.4 Å². The van der Waals surface area contributed by atoms with Crippen LogP contribution in [0.5, 0.6) is 0 Å². The second-order valence-corrected chi connectivity index (χ2v) is 22.6. The van der Waals surface area contributed by atoms with Crippen LogP contribution in [0.2, 0.25) is 49.5 Å². The predicted molar refractivity (Wildman–Crippen MR) is 154 cm³/mol. The molecule has 5 atom stereocenters. The molecule has 5 unspecified atom stereocenters. The van der Waals surface area contributed by atoms with Gasteiger partial charge in [0, 0.05) is 0 Å². The van der Waals surface area contributed by atoms with Crippen LogP contribution in [-0.2, 0) is 9.59 Å². The molecule has 35 heavy (non-hydrogen) atoms. The van der Waals surface area contributed by atoms with E-state index in [1.807, 2.05) is 50.2 Å². The second-order valence-electron chi connectivity index (χ2n) is 9.74. The van der Waals surface area contributed by atoms with E-state index in [2.05, 4.69) is 37.4 Å². The topological polar surface area (TPSA) is 81.1 Å². The molecule has 0 bridgehead atoms. The summed E-state index contributed by atoms with van der Waals surface area (Å²) in [5, 5.41) is 3.30. The standard InChI is InChI=1S/C12H18NO2Si2.C12H20NO2Si2.Rf/c1-13(9-14)10-5-4-6-11(7-10)17(3)8-12(17)16(2)15;1-13(10-14)11-5-4-6-12(9-11)16(2)7-8-17(3)15;/h4-7,12,15-16H,8H2,1-3H3;4-6,9,15-17H,7-8H2,1-3H3;/q2*-1;. The zero-order chi connectivity index (χ0) is 25.5. The van der Waals surface area contributed by atoms with Crippen LogP contribution in [0, 0.1) is 0 Å². The van der Waals surface area contributed by atoms with Crippen molar-refractivity contribution < 1.29 is 19.2 Å². The molecular weight excluding hydrogens is 760 g/mol. The Kier molecular flexibility index (Phi) is 11.5. The fraction of sp³-hybridized carbons (Fsp3) is 0.417. The summed E-state index contributed by atoms with van der Waals surface area (Å²) in [6, 6.07) is 19.6. The SMILES string of the molecule is CN([C-]=O)c1cccc([SiH](C)CC[SiH](C)O)c1.CN([C-]=O)c1cccc([Si]2(C)CC2[SiH](C)O)c1.[Rf]. The summed E-state index contributed by atoms with van der Waals surface area (Å²) < 4.78 is 0. The maximum Gasteiger partial charge on any atom is 0.170 e. The summed E-state index contributed by atoms with van der Waals surface area (Å²) in [6.45, 7) is 8.60. The molecule has 2 N–H and O–H groups in total. The third-order valence-corrected chi connectivity index (χ3v) is 21.2. The minimum absolute atomic E-state index is 0. The van der Waals surface area contributed by atoms with Crippen LogP contribution < -0.4 is 20.2 Å². The van der Waals surface area contributed by atoms with Crippen LogP contribution in [-0.4, -0.2) is 71.5 Å². The smallest absolute Gasteiger partial charge is 0.170 e. The van der Waals surface area contributed by atoms with Crippen molar-refractivity contribution in [1.29, 1.82) is 0 Å². The van der Waals surface area contributed by atoms with E-state index in [0.717, 1.165) is 23.5 Å². The molecule has 0 saturated carbocycles. The molecule has 2 aromatic carbocycles. The van der Waals surface area contributed by atoms with Crippen molar-refractivity contribution in [2.24, 2.45) is 0 Å². The number of hydrogen-bond acceptors (Lipinski definition) is 4. The number of anilines is 2. The average molecular weight is 798 g/mol. The fourth-order valence-electron chi connectivity index (χ4n) is 4.31. The minimum atomic E-state index is -1.50. The van der Waals surface area contributed by atoms with Gasteiger partial charge in [0.1, 0.15) is 0 Å². The Morgan fingerprint density at radius 3 is 1.97 bits per heavy atom. The van der Waals surface area contributed by atoms with Crippen LogP contribution in [0.1, 0.15) is 0 Å². The third kappa shape index (κ3) is 8.11. The summed E-state index contributed by atoms with van der Waals surface area (Å²) in [5.74, 6) is 0. The van der Waals surface area contributed by atoms with E-state index in [4.69, 9.17) is 0 Å². The Morgan fingerprint density at radius 1 is 0.943 bits per heavy atom. The van der Waals surface area contributed by atoms with Gasteiger partial charge < -0.3 is 29.0 Å². The third-order valence-electron chi connectivity index (χ3n) is 6.90. The summed E-state index contributed by atoms with van der Waals surface area (Å²) in [6.07, 6.45) is 3.74. The van der Waals surface area contributed by atoms with Crippen molar-refractivity contribution in [3.05, 3.63) is 48.5 Å². The van der Waals surface area contributed by atoms with E-state index >= 15 is 0 Å². The molecule has 0 aromatic heterocycles. The first kappa shape index (κ1) is 30.2. The molecular formula is C24H38N2O4RfSi4-2. The van der Waals surface area contributed by atoms with Gasteiger partial charge in [-0.15, -0.1) is 35.6 Å². The zero-order valence-corrected chi connectivity index (χ0v) is 32.7. The van der Waals surface area contributed by atoms with Gasteiger partial charge in [0.15, 0.2) is 18.1 Å². The van der Waals surface area contributed by atoms with E-state index in [9.17, 15) is 19.2 Å². The Bertz CT molecular complexity index is 969. The van der Waals surface area contributed by atoms with Gasteiger partial charge >= 0.3 is 0 Å². The Balaban J connectivity index is 0.000000340. The summed E-state index contributed by atoms with van der Waals surface area (Å²) >= 11 is 0. The Hall–Kier alpha value is -2.83. The van der Waals surface area contributed by atoms with Crippen molar-refractivity contribution in [3.8, 4) is 0 Å². The van der Waals surface area contributed by atoms with Crippen molar-refractivity contribution in [2.75, 3.05) is 23.9 Å². The molecule has 188 valence electrons. The fourth-order valence-corrected chi connectivity index (χ4v) is 20.5. The first-order valence-corrected chi connectivity index (χ1v) is 22.0. The van der Waals surface area contributed by atoms with Crippen molar-refractivity contribution in [3.63, 3.8) is 0 Å². The maximum atomic E-state index is 10.6. The van der Waals surface area contributed by atoms with E-state index < -0.39 is 35.0 Å². The molecule has 2 amide bonds. The number of nitrogens with zero attached hydrogens (tertiary/aromatic N) is 2. The molecule has 0 aliphatic carbocycles. The van der Waals surface area contributed by atoms with Crippen LogP contribution in [0.25, 0.3) is 0 Å². The van der Waals surface area contributed by atoms with Crippen molar-refractivity contribution in [2.45, 2.75) is 49.5 Å². The number of benzene rings is 2. The molecule has 1 fully saturated rings. The Labute approximate surface area is 210 Å². The monoisotopic (exact) mass is 797 g/mol. The summed E-state index contributed by atoms with van der Waals surface area (Å²) in [4.78, 5) is 43.4. The molecule has 1 heterocycles. The van der Waals surface area contributed by atoms with Gasteiger partial charge in [-0.05, 0) is 38.4 Å². The number of rotatable bonds is 10. The van der Waals surface area contributed by atoms with Crippen molar-refractivity contribution >= 4 is 69.5 Å². The van der Waals surface area contributed by atoms with Gasteiger partial charge in [0.25, 0.3) is 0 Å². The molecule has 0 radical (unpaired) electrons. The molecule has 1 saturated heterocycles. The minimum Gasteiger partial charge on any atom is -0.479 e. The maximum absolute atomic E-state index is 10.6. The molecule has 6 nitrogen and oxygen atoms in total. The van der Waals surface area contributed by atoms with Gasteiger partial charge in [-0.2, -0.15) is 0 Å². The molecule has 1 aliphatic rings. The van der Waals surface area contributed by atoms with E-state index in [0.29, 0.717) is 5.16 Å². The Morgan fingerprint density at radius 2 is 1.49 bits per heavy atom. The van der Waals surface area contributed by atoms with Crippen LogP contribution >= 0.6 is 0 Å². The molecule has 2 aromatic rings. The summed E-state index contributed by atoms with van der Waals surface area (Å²) in [5.41, 5.74) is 1.79. The van der Waals surface area contributed by atoms with Crippen LogP contribution in [0.3, 0.4) is 0 Å². The first-order chi connectivity index (χ1) is 16.0. The largest absolute Gasteiger partial charge is 0.479 e. The zero-order valence-electron chi connectivity index (χ0n) is 21.9. The van der Waals surface area contributed by atoms with Gasteiger partial charge in [-0.1, -0.05) is 59.8 Å². The number of hydrogen-bond donors (Lipinski definition) is 2. The average Bonchev–Trinajstić information content (AvgIpc) is 3.55. The predicted octanol–water partition coefficient (Wildman–Crippen LogP) is 1.34. The molecule has 3 rings (SSSR count). The quantitative estimate of drug-likeness (QED) is 0.217. The normalized spacial score (nSPS) is 20.7.